The van der Waals surface area contributed by atoms with E-state index in [-0.39, 0.29) is 0 Å². The SMILES string of the molecule is CCC(F)CN(C)C1CN(CC)C1. The number of likely N-dealkylation sites (N-methyl/N-ethyl adjacent to an activating group) is 2. The molecule has 1 aliphatic rings. The number of nitrogens with zero attached hydrogens (tertiary/aromatic N) is 2. The first-order chi connectivity index (χ1) is 6.17. The summed E-state index contributed by atoms with van der Waals surface area (Å²) in [5.41, 5.74) is 0. The fourth-order valence-corrected chi connectivity index (χ4v) is 1.67. The molecule has 1 atom stereocenters. The van der Waals surface area contributed by atoms with Crippen LogP contribution in [-0.2, 0) is 0 Å². The Balaban J connectivity index is 2.15. The van der Waals surface area contributed by atoms with Crippen LogP contribution in [0.5, 0.6) is 0 Å². The van der Waals surface area contributed by atoms with Gasteiger partial charge in [0, 0.05) is 25.7 Å². The lowest BCUT2D eigenvalue weighted by atomic mass is 10.1. The van der Waals surface area contributed by atoms with Crippen molar-refractivity contribution in [3.8, 4) is 0 Å². The van der Waals surface area contributed by atoms with Gasteiger partial charge < -0.3 is 4.90 Å². The van der Waals surface area contributed by atoms with Crippen LogP contribution >= 0.6 is 0 Å². The first-order valence-corrected chi connectivity index (χ1v) is 5.24. The highest BCUT2D eigenvalue weighted by molar-refractivity contribution is 4.86. The molecule has 3 heteroatoms. The first kappa shape index (κ1) is 10.9. The van der Waals surface area contributed by atoms with Crippen molar-refractivity contribution in [2.45, 2.75) is 32.5 Å². The minimum Gasteiger partial charge on any atom is -0.300 e. The zero-order valence-corrected chi connectivity index (χ0v) is 8.96. The van der Waals surface area contributed by atoms with Crippen LogP contribution < -0.4 is 0 Å². The summed E-state index contributed by atoms with van der Waals surface area (Å²) >= 11 is 0. The van der Waals surface area contributed by atoms with Crippen molar-refractivity contribution in [1.29, 1.82) is 0 Å². The molecular weight excluding hydrogens is 167 g/mol. The molecule has 78 valence electrons. The number of alkyl halides is 1. The van der Waals surface area contributed by atoms with Gasteiger partial charge in [-0.05, 0) is 20.0 Å². The van der Waals surface area contributed by atoms with E-state index in [9.17, 15) is 4.39 Å². The van der Waals surface area contributed by atoms with Gasteiger partial charge in [-0.3, -0.25) is 4.90 Å². The molecule has 0 aliphatic carbocycles. The zero-order chi connectivity index (χ0) is 9.84. The fourth-order valence-electron chi connectivity index (χ4n) is 1.67. The van der Waals surface area contributed by atoms with E-state index in [4.69, 9.17) is 0 Å². The van der Waals surface area contributed by atoms with E-state index < -0.39 is 6.17 Å². The molecule has 0 amide bonds. The van der Waals surface area contributed by atoms with Crippen LogP contribution in [-0.4, -0.2) is 55.2 Å². The number of rotatable bonds is 5. The van der Waals surface area contributed by atoms with Gasteiger partial charge >= 0.3 is 0 Å². The summed E-state index contributed by atoms with van der Waals surface area (Å²) in [6, 6.07) is 0.588. The Bertz CT molecular complexity index is 146. The molecule has 0 spiro atoms. The Labute approximate surface area is 80.7 Å². The molecule has 1 unspecified atom stereocenters. The van der Waals surface area contributed by atoms with E-state index in [0.29, 0.717) is 19.0 Å². The second-order valence-electron chi connectivity index (χ2n) is 3.95. The summed E-state index contributed by atoms with van der Waals surface area (Å²) in [5, 5.41) is 0. The van der Waals surface area contributed by atoms with E-state index in [0.717, 1.165) is 19.6 Å². The average Bonchev–Trinajstić information content (AvgIpc) is 2.02. The van der Waals surface area contributed by atoms with Crippen LogP contribution in [0.4, 0.5) is 4.39 Å². The molecule has 13 heavy (non-hydrogen) atoms. The van der Waals surface area contributed by atoms with Crippen LogP contribution in [0.15, 0.2) is 0 Å². The van der Waals surface area contributed by atoms with Crippen molar-refractivity contribution in [1.82, 2.24) is 9.80 Å². The maximum atomic E-state index is 13.0. The topological polar surface area (TPSA) is 6.48 Å². The van der Waals surface area contributed by atoms with Gasteiger partial charge in [0.2, 0.25) is 0 Å². The van der Waals surface area contributed by atoms with E-state index in [1.807, 2.05) is 14.0 Å². The predicted octanol–water partition coefficient (Wildman–Crippen LogP) is 1.37. The summed E-state index contributed by atoms with van der Waals surface area (Å²) < 4.78 is 13.0. The van der Waals surface area contributed by atoms with Gasteiger partial charge in [-0.25, -0.2) is 4.39 Å². The van der Waals surface area contributed by atoms with Gasteiger partial charge in [-0.15, -0.1) is 0 Å². The van der Waals surface area contributed by atoms with Crippen molar-refractivity contribution >= 4 is 0 Å². The molecule has 1 heterocycles. The first-order valence-electron chi connectivity index (χ1n) is 5.24. The van der Waals surface area contributed by atoms with Gasteiger partial charge in [-0.1, -0.05) is 13.8 Å². The van der Waals surface area contributed by atoms with Crippen LogP contribution in [0.3, 0.4) is 0 Å². The van der Waals surface area contributed by atoms with E-state index in [1.165, 1.54) is 0 Å². The molecule has 0 saturated carbocycles. The third-order valence-corrected chi connectivity index (χ3v) is 2.94. The Morgan fingerprint density at radius 1 is 1.46 bits per heavy atom. The molecule has 0 bridgehead atoms. The van der Waals surface area contributed by atoms with Gasteiger partial charge in [-0.2, -0.15) is 0 Å². The lowest BCUT2D eigenvalue weighted by molar-refractivity contribution is 0.0398. The number of halogens is 1. The summed E-state index contributed by atoms with van der Waals surface area (Å²) in [6.45, 7) is 8.01. The molecule has 1 rings (SSSR count). The molecular formula is C10H21FN2. The molecule has 0 aromatic rings. The highest BCUT2D eigenvalue weighted by atomic mass is 19.1. The van der Waals surface area contributed by atoms with Crippen molar-refractivity contribution in [2.75, 3.05) is 33.2 Å². The van der Waals surface area contributed by atoms with Crippen LogP contribution in [0.25, 0.3) is 0 Å². The lowest BCUT2D eigenvalue weighted by Gasteiger charge is -2.43. The monoisotopic (exact) mass is 188 g/mol. The Morgan fingerprint density at radius 2 is 2.08 bits per heavy atom. The van der Waals surface area contributed by atoms with Gasteiger partial charge in [0.05, 0.1) is 0 Å². The third-order valence-electron chi connectivity index (χ3n) is 2.94. The summed E-state index contributed by atoms with van der Waals surface area (Å²) in [4.78, 5) is 4.53. The average molecular weight is 188 g/mol. The Hall–Kier alpha value is -0.150. The summed E-state index contributed by atoms with van der Waals surface area (Å²) in [7, 11) is 2.03. The molecule has 0 radical (unpaired) electrons. The van der Waals surface area contributed by atoms with Gasteiger partial charge in [0.15, 0.2) is 0 Å². The molecule has 1 aliphatic heterocycles. The van der Waals surface area contributed by atoms with E-state index >= 15 is 0 Å². The quantitative estimate of drug-likeness (QED) is 0.643. The van der Waals surface area contributed by atoms with Crippen molar-refractivity contribution < 1.29 is 4.39 Å². The zero-order valence-electron chi connectivity index (χ0n) is 8.96. The Kier molecular flexibility index (Phi) is 4.13. The van der Waals surface area contributed by atoms with Crippen LogP contribution in [0.2, 0.25) is 0 Å². The minimum atomic E-state index is -0.652. The highest BCUT2D eigenvalue weighted by Crippen LogP contribution is 2.14. The smallest absolute Gasteiger partial charge is 0.112 e. The number of hydrogen-bond donors (Lipinski definition) is 0. The molecule has 1 saturated heterocycles. The number of likely N-dealkylation sites (tertiary alicyclic amines) is 1. The largest absolute Gasteiger partial charge is 0.300 e. The van der Waals surface area contributed by atoms with E-state index in [2.05, 4.69) is 16.7 Å². The second kappa shape index (κ2) is 4.91. The molecule has 0 aromatic carbocycles. The van der Waals surface area contributed by atoms with Crippen molar-refractivity contribution in [3.63, 3.8) is 0 Å². The van der Waals surface area contributed by atoms with Crippen molar-refractivity contribution in [3.05, 3.63) is 0 Å². The van der Waals surface area contributed by atoms with Gasteiger partial charge in [0.25, 0.3) is 0 Å². The molecule has 1 fully saturated rings. The predicted molar refractivity (Wildman–Crippen MR) is 53.7 cm³/mol. The van der Waals surface area contributed by atoms with Crippen molar-refractivity contribution in [2.24, 2.45) is 0 Å². The van der Waals surface area contributed by atoms with Crippen LogP contribution in [0.1, 0.15) is 20.3 Å². The minimum absolute atomic E-state index is 0.588. The molecule has 0 N–H and O–H groups in total. The third kappa shape index (κ3) is 2.92. The molecule has 2 nitrogen and oxygen atoms in total. The normalized spacial score (nSPS) is 21.9. The van der Waals surface area contributed by atoms with E-state index in [1.54, 1.807) is 0 Å². The highest BCUT2D eigenvalue weighted by Gasteiger charge is 2.29. The fraction of sp³-hybridized carbons (Fsp3) is 1.00. The lowest BCUT2D eigenvalue weighted by Crippen LogP contribution is -2.58. The Morgan fingerprint density at radius 3 is 2.54 bits per heavy atom. The number of hydrogen-bond acceptors (Lipinski definition) is 2. The maximum absolute atomic E-state index is 13.0. The maximum Gasteiger partial charge on any atom is 0.112 e. The van der Waals surface area contributed by atoms with Crippen LogP contribution in [0, 0.1) is 0 Å². The summed E-state index contributed by atoms with van der Waals surface area (Å²) in [5.74, 6) is 0. The molecule has 0 aromatic heterocycles. The summed E-state index contributed by atoms with van der Waals surface area (Å²) in [6.07, 6.45) is -0.0187. The second-order valence-corrected chi connectivity index (χ2v) is 3.95. The standard InChI is InChI=1S/C10H21FN2/c1-4-9(11)6-12(3)10-7-13(5-2)8-10/h9-10H,4-8H2,1-3H3. The van der Waals surface area contributed by atoms with Gasteiger partial charge in [0.1, 0.15) is 6.17 Å².